The number of nitrogens with zero attached hydrogens (tertiary/aromatic N) is 2. The zero-order valence-corrected chi connectivity index (χ0v) is 45.9. The van der Waals surface area contributed by atoms with Crippen molar-refractivity contribution in [2.45, 2.75) is 119 Å². The summed E-state index contributed by atoms with van der Waals surface area (Å²) in [5.74, 6) is -4.61. The first-order chi connectivity index (χ1) is 38.9. The summed E-state index contributed by atoms with van der Waals surface area (Å²) in [5, 5.41) is 15.0. The summed E-state index contributed by atoms with van der Waals surface area (Å²) in [7, 11) is 1.25. The molecule has 5 fully saturated rings. The molecule has 424 valence electrons. The highest BCUT2D eigenvalue weighted by molar-refractivity contribution is 6.00. The minimum Gasteiger partial charge on any atom is -0.468 e. The predicted molar refractivity (Wildman–Crippen MR) is 300 cm³/mol. The van der Waals surface area contributed by atoms with Gasteiger partial charge in [0, 0.05) is 79.7 Å². The molecule has 0 bridgehead atoms. The van der Waals surface area contributed by atoms with Crippen LogP contribution in [0.25, 0.3) is 0 Å². The third-order valence-corrected chi connectivity index (χ3v) is 16.7. The number of nitrogens with one attached hydrogen (secondary N) is 5. The van der Waals surface area contributed by atoms with Gasteiger partial charge in [-0.3, -0.25) is 33.6 Å². The second-order valence-corrected chi connectivity index (χ2v) is 22.4. The fourth-order valence-corrected chi connectivity index (χ4v) is 11.7. The fraction of sp³-hybridized carbons (Fsp3) is 0.492. The van der Waals surface area contributed by atoms with Gasteiger partial charge >= 0.3 is 12.1 Å². The van der Waals surface area contributed by atoms with E-state index in [1.54, 1.807) is 34.1 Å². The number of ether oxygens (including phenoxy) is 2. The molecule has 0 unspecified atom stereocenters. The van der Waals surface area contributed by atoms with Crippen LogP contribution in [0.1, 0.15) is 139 Å². The highest BCUT2D eigenvalue weighted by Crippen LogP contribution is 2.44. The van der Waals surface area contributed by atoms with Crippen molar-refractivity contribution >= 4 is 47.5 Å². The molecule has 4 aromatic rings. The minimum atomic E-state index is -0.749. The molecule has 0 spiro atoms. The van der Waals surface area contributed by atoms with E-state index in [2.05, 4.69) is 67.7 Å². The molecule has 80 heavy (non-hydrogen) atoms. The van der Waals surface area contributed by atoms with Crippen molar-refractivity contribution < 1.29 is 47.8 Å². The van der Waals surface area contributed by atoms with E-state index < -0.39 is 35.7 Å². The van der Waals surface area contributed by atoms with E-state index >= 15 is 0 Å². The van der Waals surface area contributed by atoms with Crippen molar-refractivity contribution in [3.8, 4) is 0 Å². The lowest BCUT2D eigenvalue weighted by Gasteiger charge is -2.18. The molecule has 5 aliphatic rings. The first kappa shape index (κ1) is 57.1. The minimum absolute atomic E-state index is 0.0450. The van der Waals surface area contributed by atoms with Crippen LogP contribution in [0, 0.1) is 23.7 Å². The summed E-state index contributed by atoms with van der Waals surface area (Å²) < 4.78 is 9.56. The summed E-state index contributed by atoms with van der Waals surface area (Å²) in [4.78, 5) is 110. The Balaban J connectivity index is 0.754. The van der Waals surface area contributed by atoms with Gasteiger partial charge in [-0.15, -0.1) is 0 Å². The molecule has 2 aliphatic heterocycles. The molecular formula is C63H77N7O10. The average molecular weight is 1090 g/mol. The third kappa shape index (κ3) is 15.4. The maximum atomic E-state index is 14.2. The second kappa shape index (κ2) is 27.5. The van der Waals surface area contributed by atoms with Crippen LogP contribution in [-0.2, 0) is 33.4 Å². The number of unbranched alkanes of at least 4 members (excludes halogenated alkanes) is 9. The average Bonchev–Trinajstić information content (AvgIpc) is 4.48. The summed E-state index contributed by atoms with van der Waals surface area (Å²) in [5.41, 5.74) is 4.08. The normalized spacial score (nSPS) is 24.2. The van der Waals surface area contributed by atoms with Crippen LogP contribution in [-0.4, -0.2) is 128 Å². The van der Waals surface area contributed by atoms with Gasteiger partial charge in [-0.1, -0.05) is 142 Å². The maximum absolute atomic E-state index is 14.2. The zero-order chi connectivity index (χ0) is 56.0. The summed E-state index contributed by atoms with van der Waals surface area (Å²) in [6, 6.07) is 36.3. The first-order valence-corrected chi connectivity index (χ1v) is 29.0. The number of amides is 7. The summed E-state index contributed by atoms with van der Waals surface area (Å²) >= 11 is 0. The zero-order valence-electron chi connectivity index (χ0n) is 45.9. The lowest BCUT2D eigenvalue weighted by Crippen LogP contribution is -2.43. The monoisotopic (exact) mass is 1090 g/mol. The molecule has 17 nitrogen and oxygen atoms in total. The molecule has 17 heteroatoms. The third-order valence-electron chi connectivity index (χ3n) is 16.7. The van der Waals surface area contributed by atoms with E-state index in [4.69, 9.17) is 4.74 Å². The molecule has 0 aromatic heterocycles. The molecule has 3 saturated carbocycles. The molecule has 2 saturated heterocycles. The lowest BCUT2D eigenvalue weighted by atomic mass is 9.94. The Hall–Kier alpha value is -7.56. The molecule has 9 rings (SSSR count). The number of carbonyl (C=O) groups excluding carboxylic acids is 8. The maximum Gasteiger partial charge on any atom is 0.407 e. The molecule has 10 atom stereocenters. The molecule has 4 aromatic carbocycles. The van der Waals surface area contributed by atoms with Crippen molar-refractivity contribution in [2.24, 2.45) is 23.7 Å². The van der Waals surface area contributed by atoms with Gasteiger partial charge in [-0.05, 0) is 73.1 Å². The highest BCUT2D eigenvalue weighted by atomic mass is 16.6. The van der Waals surface area contributed by atoms with Crippen LogP contribution in [0.3, 0.4) is 0 Å². The smallest absolute Gasteiger partial charge is 0.407 e. The first-order valence-electron chi connectivity index (χ1n) is 29.0. The van der Waals surface area contributed by atoms with Gasteiger partial charge in [0.1, 0.15) is 6.54 Å². The molecule has 5 N–H and O–H groups in total. The van der Waals surface area contributed by atoms with Gasteiger partial charge in [0.25, 0.3) is 11.8 Å². The van der Waals surface area contributed by atoms with Crippen molar-refractivity contribution in [2.75, 3.05) is 53.0 Å². The Morgan fingerprint density at radius 2 is 0.787 bits per heavy atom. The van der Waals surface area contributed by atoms with Crippen LogP contribution in [0.4, 0.5) is 4.79 Å². The molecule has 3 aliphatic carbocycles. The SMILES string of the molecule is COC(=O)CNC(=O)OCCCCCCCCCCCCNC(=O)[C@@H]1CN(C(=O)c2ccc(C(=O)N3C[C@@H](C(=O)N[C@H]4C[C@@H]4c4ccccc4)[C@H](C(=O)N[C@H]4C[C@@H]4c4ccccc4)C3)cc2)C[C@H]1C(=O)N[C@H]1C[C@@H]1c1ccccc1. The number of carbonyl (C=O) groups is 8. The lowest BCUT2D eigenvalue weighted by molar-refractivity contribution is -0.139. The fourth-order valence-electron chi connectivity index (χ4n) is 11.7. The number of benzene rings is 4. The topological polar surface area (TPSA) is 222 Å². The van der Waals surface area contributed by atoms with Gasteiger partial charge in [0.15, 0.2) is 0 Å². The Bertz CT molecular complexity index is 2710. The highest BCUT2D eigenvalue weighted by Gasteiger charge is 2.50. The van der Waals surface area contributed by atoms with E-state index in [1.165, 1.54) is 7.11 Å². The van der Waals surface area contributed by atoms with Crippen LogP contribution in [0.15, 0.2) is 115 Å². The van der Waals surface area contributed by atoms with Gasteiger partial charge in [-0.2, -0.15) is 0 Å². The van der Waals surface area contributed by atoms with Crippen molar-refractivity contribution in [1.29, 1.82) is 0 Å². The predicted octanol–water partition coefficient (Wildman–Crippen LogP) is 7.00. The van der Waals surface area contributed by atoms with Gasteiger partial charge < -0.3 is 45.9 Å². The number of esters is 1. The van der Waals surface area contributed by atoms with Crippen LogP contribution in [0.5, 0.6) is 0 Å². The van der Waals surface area contributed by atoms with Crippen molar-refractivity contribution in [3.05, 3.63) is 143 Å². The van der Waals surface area contributed by atoms with Gasteiger partial charge in [0.05, 0.1) is 37.4 Å². The number of likely N-dealkylation sites (tertiary alicyclic amines) is 2. The quantitative estimate of drug-likeness (QED) is 0.0304. The molecule has 2 heterocycles. The van der Waals surface area contributed by atoms with E-state index in [-0.39, 0.29) is 104 Å². The van der Waals surface area contributed by atoms with E-state index in [0.717, 1.165) is 100 Å². The Morgan fingerprint density at radius 3 is 1.16 bits per heavy atom. The molecule has 0 radical (unpaired) electrons. The largest absolute Gasteiger partial charge is 0.468 e. The Kier molecular flexibility index (Phi) is 19.7. The standard InChI is InChI=1S/C63H77N7O10/c1-79-56(71)36-65-63(78)80-32-20-9-7-5-3-2-4-6-8-19-31-64-57(72)49-37-69(38-50(49)58(73)66-53-33-46(53)41-21-13-10-14-22-41)61(76)44-27-29-45(30-28-44)62(77)70-39-51(59(74)67-54-34-47(54)42-23-15-11-16-24-42)52(40-70)60(75)68-55-35-48(55)43-25-17-12-18-26-43/h10-18,21-30,46-55H,2-9,19-20,31-40H2,1H3,(H,64,72)(H,65,78)(H,66,73)(H,67,74)(H,68,75)/t46-,47-,48-,49-,50-,51-,52-,53+,54+,55+/m1/s1. The van der Waals surface area contributed by atoms with Gasteiger partial charge in [0.2, 0.25) is 23.6 Å². The Morgan fingerprint density at radius 1 is 0.438 bits per heavy atom. The summed E-state index contributed by atoms with van der Waals surface area (Å²) in [6.45, 7) is 0.818. The Labute approximate surface area is 469 Å². The molecule has 7 amide bonds. The number of alkyl carbamates (subject to hydrolysis) is 1. The number of hydrogen-bond donors (Lipinski definition) is 5. The van der Waals surface area contributed by atoms with E-state index in [0.29, 0.717) is 24.3 Å². The number of hydrogen-bond acceptors (Lipinski definition) is 10. The van der Waals surface area contributed by atoms with E-state index in [9.17, 15) is 38.4 Å². The summed E-state index contributed by atoms with van der Waals surface area (Å²) in [6.07, 6.45) is 11.7. The van der Waals surface area contributed by atoms with Crippen molar-refractivity contribution in [1.82, 2.24) is 36.4 Å². The number of methoxy groups -OCH3 is 1. The van der Waals surface area contributed by atoms with Crippen LogP contribution < -0.4 is 26.6 Å². The molecular weight excluding hydrogens is 1010 g/mol. The second-order valence-electron chi connectivity index (χ2n) is 22.4. The van der Waals surface area contributed by atoms with Crippen LogP contribution in [0.2, 0.25) is 0 Å². The van der Waals surface area contributed by atoms with Gasteiger partial charge in [-0.25, -0.2) is 4.79 Å². The van der Waals surface area contributed by atoms with Crippen molar-refractivity contribution in [3.63, 3.8) is 0 Å². The van der Waals surface area contributed by atoms with E-state index in [1.807, 2.05) is 54.6 Å². The van der Waals surface area contributed by atoms with Crippen LogP contribution >= 0.6 is 0 Å². The number of rotatable bonds is 27.